The molecule has 0 saturated carbocycles. The Kier molecular flexibility index (Phi) is 4.55. The van der Waals surface area contributed by atoms with Gasteiger partial charge in [0.1, 0.15) is 5.82 Å². The number of rotatable bonds is 5. The number of aromatic nitrogens is 4. The van der Waals surface area contributed by atoms with Crippen LogP contribution < -0.4 is 5.32 Å². The fourth-order valence-corrected chi connectivity index (χ4v) is 4.43. The van der Waals surface area contributed by atoms with Crippen molar-refractivity contribution in [2.24, 2.45) is 7.05 Å². The summed E-state index contributed by atoms with van der Waals surface area (Å²) in [7, 11) is 1.87. The topological polar surface area (TPSA) is 72.7 Å². The molecule has 0 spiro atoms. The summed E-state index contributed by atoms with van der Waals surface area (Å²) < 4.78 is 1.75. The van der Waals surface area contributed by atoms with E-state index in [0.29, 0.717) is 12.1 Å². The van der Waals surface area contributed by atoms with Gasteiger partial charge in [0, 0.05) is 36.0 Å². The molecule has 4 rings (SSSR count). The molecule has 3 aromatic rings. The highest BCUT2D eigenvalue weighted by Gasteiger charge is 2.16. The summed E-state index contributed by atoms with van der Waals surface area (Å²) in [5, 5.41) is 8.36. The van der Waals surface area contributed by atoms with Crippen LogP contribution in [0.25, 0.3) is 11.4 Å². The molecule has 0 atom stereocenters. The first-order valence-electron chi connectivity index (χ1n) is 8.84. The van der Waals surface area contributed by atoms with Crippen LogP contribution in [-0.2, 0) is 26.3 Å². The molecule has 6 nitrogen and oxygen atoms in total. The van der Waals surface area contributed by atoms with Crippen molar-refractivity contribution in [3.8, 4) is 11.4 Å². The zero-order valence-corrected chi connectivity index (χ0v) is 15.8. The lowest BCUT2D eigenvalue weighted by Crippen LogP contribution is -2.25. The van der Waals surface area contributed by atoms with Gasteiger partial charge in [-0.05, 0) is 38.3 Å². The number of nitrogens with zero attached hydrogens (tertiary/aromatic N) is 4. The summed E-state index contributed by atoms with van der Waals surface area (Å²) in [6, 6.07) is 7.46. The molecule has 0 fully saturated rings. The minimum Gasteiger partial charge on any atom is -0.352 e. The van der Waals surface area contributed by atoms with Crippen molar-refractivity contribution in [1.29, 1.82) is 0 Å². The van der Waals surface area contributed by atoms with Crippen LogP contribution in [0, 0.1) is 6.92 Å². The zero-order valence-electron chi connectivity index (χ0n) is 15.0. The van der Waals surface area contributed by atoms with Gasteiger partial charge in [-0.1, -0.05) is 12.1 Å². The number of thiazole rings is 1. The van der Waals surface area contributed by atoms with E-state index >= 15 is 0 Å². The molecule has 1 aliphatic carbocycles. The van der Waals surface area contributed by atoms with E-state index in [9.17, 15) is 4.79 Å². The first-order chi connectivity index (χ1) is 12.6. The molecule has 0 bridgehead atoms. The molecule has 134 valence electrons. The number of carbonyl (C=O) groups excluding carboxylic acids is 1. The maximum absolute atomic E-state index is 12.3. The number of hydrogen-bond acceptors (Lipinski definition) is 5. The fraction of sp³-hybridized carbons (Fsp3) is 0.368. The van der Waals surface area contributed by atoms with Crippen molar-refractivity contribution >= 4 is 17.2 Å². The third kappa shape index (κ3) is 3.39. The third-order valence-corrected chi connectivity index (χ3v) is 5.76. The Morgan fingerprint density at radius 1 is 1.23 bits per heavy atom. The van der Waals surface area contributed by atoms with Gasteiger partial charge in [0.15, 0.2) is 5.82 Å². The second-order valence-electron chi connectivity index (χ2n) is 6.52. The van der Waals surface area contributed by atoms with E-state index in [1.54, 1.807) is 16.0 Å². The number of nitrogens with one attached hydrogen (secondary N) is 1. The maximum Gasteiger partial charge on any atom is 0.251 e. The largest absolute Gasteiger partial charge is 0.352 e. The SMILES string of the molecule is Cc1nc(-c2ccc(C(=O)NCCc3nc4c(s3)CCC4)cc2)n(C)n1. The minimum atomic E-state index is -0.0604. The summed E-state index contributed by atoms with van der Waals surface area (Å²) >= 11 is 1.79. The normalized spacial score (nSPS) is 13.0. The molecular formula is C19H21N5OS. The first-order valence-corrected chi connectivity index (χ1v) is 9.65. The molecule has 0 aliphatic heterocycles. The molecule has 0 radical (unpaired) electrons. The van der Waals surface area contributed by atoms with Crippen molar-refractivity contribution in [3.05, 3.63) is 51.2 Å². The van der Waals surface area contributed by atoms with Gasteiger partial charge in [-0.15, -0.1) is 11.3 Å². The Balaban J connectivity index is 1.35. The van der Waals surface area contributed by atoms with Crippen LogP contribution in [0.2, 0.25) is 0 Å². The molecule has 7 heteroatoms. The Bertz CT molecular complexity index is 920. The van der Waals surface area contributed by atoms with E-state index in [0.717, 1.165) is 41.5 Å². The Morgan fingerprint density at radius 3 is 2.73 bits per heavy atom. The Morgan fingerprint density at radius 2 is 2.04 bits per heavy atom. The Labute approximate surface area is 156 Å². The minimum absolute atomic E-state index is 0.0604. The van der Waals surface area contributed by atoms with Crippen molar-refractivity contribution in [1.82, 2.24) is 25.1 Å². The quantitative estimate of drug-likeness (QED) is 0.752. The summed E-state index contributed by atoms with van der Waals surface area (Å²) in [6.45, 7) is 2.47. The highest BCUT2D eigenvalue weighted by atomic mass is 32.1. The van der Waals surface area contributed by atoms with Crippen LogP contribution in [-0.4, -0.2) is 32.2 Å². The summed E-state index contributed by atoms with van der Waals surface area (Å²) in [5.74, 6) is 1.47. The monoisotopic (exact) mass is 367 g/mol. The molecule has 0 unspecified atom stereocenters. The van der Waals surface area contributed by atoms with Crippen molar-refractivity contribution in [3.63, 3.8) is 0 Å². The predicted octanol–water partition coefficient (Wildman–Crippen LogP) is 2.71. The zero-order chi connectivity index (χ0) is 18.1. The van der Waals surface area contributed by atoms with Gasteiger partial charge >= 0.3 is 0 Å². The second-order valence-corrected chi connectivity index (χ2v) is 7.69. The van der Waals surface area contributed by atoms with Gasteiger partial charge in [-0.25, -0.2) is 14.6 Å². The van der Waals surface area contributed by atoms with Crippen LogP contribution in [0.5, 0.6) is 0 Å². The van der Waals surface area contributed by atoms with Gasteiger partial charge < -0.3 is 5.32 Å². The van der Waals surface area contributed by atoms with Crippen molar-refractivity contribution in [2.75, 3.05) is 6.54 Å². The first kappa shape index (κ1) is 16.9. The summed E-state index contributed by atoms with van der Waals surface area (Å²) in [5.41, 5.74) is 2.86. The predicted molar refractivity (Wildman–Crippen MR) is 101 cm³/mol. The van der Waals surface area contributed by atoms with Gasteiger partial charge in [-0.2, -0.15) is 5.10 Å². The van der Waals surface area contributed by atoms with Gasteiger partial charge in [0.05, 0.1) is 10.7 Å². The van der Waals surface area contributed by atoms with E-state index < -0.39 is 0 Å². The van der Waals surface area contributed by atoms with Crippen molar-refractivity contribution in [2.45, 2.75) is 32.6 Å². The molecule has 2 heterocycles. The lowest BCUT2D eigenvalue weighted by molar-refractivity contribution is 0.0954. The van der Waals surface area contributed by atoms with Gasteiger partial charge in [0.25, 0.3) is 5.91 Å². The van der Waals surface area contributed by atoms with Crippen LogP contribution in [0.15, 0.2) is 24.3 Å². The van der Waals surface area contributed by atoms with E-state index in [4.69, 9.17) is 0 Å². The fourth-order valence-electron chi connectivity index (χ4n) is 3.27. The number of fused-ring (bicyclic) bond motifs is 1. The van der Waals surface area contributed by atoms with Crippen LogP contribution >= 0.6 is 11.3 Å². The summed E-state index contributed by atoms with van der Waals surface area (Å²) in [4.78, 5) is 22.8. The number of carbonyl (C=O) groups is 1. The number of benzene rings is 1. The molecular weight excluding hydrogens is 346 g/mol. The molecule has 26 heavy (non-hydrogen) atoms. The van der Waals surface area contributed by atoms with E-state index in [2.05, 4.69) is 20.4 Å². The van der Waals surface area contributed by atoms with Crippen LogP contribution in [0.4, 0.5) is 0 Å². The highest BCUT2D eigenvalue weighted by Crippen LogP contribution is 2.27. The standard InChI is InChI=1S/C19H21N5OS/c1-12-21-18(24(2)23-12)13-6-8-14(9-7-13)19(25)20-11-10-17-22-15-4-3-5-16(15)26-17/h6-9H,3-5,10-11H2,1-2H3,(H,20,25). The number of aryl methyl sites for hydroxylation is 4. The van der Waals surface area contributed by atoms with Crippen molar-refractivity contribution < 1.29 is 4.79 Å². The van der Waals surface area contributed by atoms with E-state index in [1.165, 1.54) is 17.0 Å². The molecule has 1 N–H and O–H groups in total. The van der Waals surface area contributed by atoms with Crippen LogP contribution in [0.3, 0.4) is 0 Å². The smallest absolute Gasteiger partial charge is 0.251 e. The lowest BCUT2D eigenvalue weighted by atomic mass is 10.1. The summed E-state index contributed by atoms with van der Waals surface area (Å²) in [6.07, 6.45) is 4.29. The van der Waals surface area contributed by atoms with Gasteiger partial charge in [-0.3, -0.25) is 4.79 Å². The number of amides is 1. The van der Waals surface area contributed by atoms with E-state index in [-0.39, 0.29) is 5.91 Å². The average Bonchev–Trinajstić information content (AvgIpc) is 3.29. The van der Waals surface area contributed by atoms with Crippen LogP contribution in [0.1, 0.15) is 38.2 Å². The maximum atomic E-state index is 12.3. The molecule has 1 amide bonds. The van der Waals surface area contributed by atoms with E-state index in [1.807, 2.05) is 38.2 Å². The molecule has 1 aromatic carbocycles. The molecule has 2 aromatic heterocycles. The van der Waals surface area contributed by atoms with Gasteiger partial charge in [0.2, 0.25) is 0 Å². The highest BCUT2D eigenvalue weighted by molar-refractivity contribution is 7.11. The Hall–Kier alpha value is -2.54. The molecule has 1 aliphatic rings. The number of hydrogen-bond donors (Lipinski definition) is 1. The molecule has 0 saturated heterocycles. The lowest BCUT2D eigenvalue weighted by Gasteiger charge is -2.05. The average molecular weight is 367 g/mol. The third-order valence-electron chi connectivity index (χ3n) is 4.54. The second kappa shape index (κ2) is 6.99.